The standard InChI is InChI=1S/C19H29N3O2/c1-14(2)22(12-17(20)23)13-18(24)21-19(16-10-6-7-11-16)15-8-4-3-5-9-15/h3-5,8-9,14,16,19H,6-7,10-13H2,1-2H3,(H2,20,23)(H,21,24). The lowest BCUT2D eigenvalue weighted by molar-refractivity contribution is -0.125. The molecule has 2 rings (SSSR count). The maximum Gasteiger partial charge on any atom is 0.234 e. The maximum atomic E-state index is 12.6. The van der Waals surface area contributed by atoms with Crippen molar-refractivity contribution in [2.24, 2.45) is 11.7 Å². The number of hydrogen-bond acceptors (Lipinski definition) is 3. The molecule has 1 aromatic rings. The Balaban J connectivity index is 2.05. The highest BCUT2D eigenvalue weighted by Crippen LogP contribution is 2.35. The van der Waals surface area contributed by atoms with E-state index in [2.05, 4.69) is 17.4 Å². The molecular formula is C19H29N3O2. The SMILES string of the molecule is CC(C)N(CC(N)=O)CC(=O)NC(c1ccccc1)C1CCCC1. The molecule has 0 aliphatic heterocycles. The van der Waals surface area contributed by atoms with Crippen LogP contribution >= 0.6 is 0 Å². The molecule has 24 heavy (non-hydrogen) atoms. The van der Waals surface area contributed by atoms with E-state index < -0.39 is 5.91 Å². The molecule has 5 heteroatoms. The molecular weight excluding hydrogens is 302 g/mol. The van der Waals surface area contributed by atoms with Crippen LogP contribution in [0.15, 0.2) is 30.3 Å². The summed E-state index contributed by atoms with van der Waals surface area (Å²) in [5.41, 5.74) is 6.44. The third kappa shape index (κ3) is 5.34. The lowest BCUT2D eigenvalue weighted by atomic mass is 9.91. The second kappa shape index (κ2) is 8.83. The van der Waals surface area contributed by atoms with Crippen LogP contribution in [0.2, 0.25) is 0 Å². The summed E-state index contributed by atoms with van der Waals surface area (Å²) in [4.78, 5) is 25.6. The molecule has 132 valence electrons. The molecule has 0 heterocycles. The van der Waals surface area contributed by atoms with Gasteiger partial charge in [-0.15, -0.1) is 0 Å². The van der Waals surface area contributed by atoms with Gasteiger partial charge < -0.3 is 11.1 Å². The maximum absolute atomic E-state index is 12.6. The molecule has 1 unspecified atom stereocenters. The van der Waals surface area contributed by atoms with Gasteiger partial charge in [0.25, 0.3) is 0 Å². The molecule has 0 bridgehead atoms. The summed E-state index contributed by atoms with van der Waals surface area (Å²) in [6, 6.07) is 10.3. The number of rotatable bonds is 8. The molecule has 3 N–H and O–H groups in total. The average Bonchev–Trinajstić information content (AvgIpc) is 3.06. The van der Waals surface area contributed by atoms with Crippen LogP contribution in [0.4, 0.5) is 0 Å². The van der Waals surface area contributed by atoms with Crippen LogP contribution in [-0.4, -0.2) is 35.8 Å². The van der Waals surface area contributed by atoms with E-state index in [1.54, 1.807) is 4.90 Å². The van der Waals surface area contributed by atoms with E-state index in [-0.39, 0.29) is 31.1 Å². The Morgan fingerprint density at radius 2 is 1.79 bits per heavy atom. The zero-order valence-electron chi connectivity index (χ0n) is 14.7. The van der Waals surface area contributed by atoms with Crippen molar-refractivity contribution in [3.8, 4) is 0 Å². The Labute approximate surface area is 144 Å². The molecule has 5 nitrogen and oxygen atoms in total. The van der Waals surface area contributed by atoms with E-state index in [0.717, 1.165) is 18.4 Å². The molecule has 1 fully saturated rings. The highest BCUT2D eigenvalue weighted by Gasteiger charge is 2.28. The van der Waals surface area contributed by atoms with Gasteiger partial charge in [0.05, 0.1) is 19.1 Å². The molecule has 1 atom stereocenters. The first-order valence-electron chi connectivity index (χ1n) is 8.84. The topological polar surface area (TPSA) is 75.4 Å². The minimum Gasteiger partial charge on any atom is -0.369 e. The Morgan fingerprint density at radius 3 is 2.33 bits per heavy atom. The van der Waals surface area contributed by atoms with E-state index in [0.29, 0.717) is 5.92 Å². The fourth-order valence-corrected chi connectivity index (χ4v) is 3.45. The Hall–Kier alpha value is -1.88. The molecule has 0 spiro atoms. The normalized spacial score (nSPS) is 16.5. The predicted octanol–water partition coefficient (Wildman–Crippen LogP) is 2.23. The van der Waals surface area contributed by atoms with Crippen molar-refractivity contribution < 1.29 is 9.59 Å². The molecule has 1 aromatic carbocycles. The highest BCUT2D eigenvalue weighted by atomic mass is 16.2. The minimum atomic E-state index is -0.410. The Morgan fingerprint density at radius 1 is 1.17 bits per heavy atom. The fourth-order valence-electron chi connectivity index (χ4n) is 3.45. The number of nitrogens with zero attached hydrogens (tertiary/aromatic N) is 1. The highest BCUT2D eigenvalue weighted by molar-refractivity contribution is 5.80. The number of primary amides is 1. The fraction of sp³-hybridized carbons (Fsp3) is 0.579. The van der Waals surface area contributed by atoms with Gasteiger partial charge in [0, 0.05) is 6.04 Å². The van der Waals surface area contributed by atoms with Crippen molar-refractivity contribution in [1.82, 2.24) is 10.2 Å². The van der Waals surface area contributed by atoms with Crippen LogP contribution in [0.1, 0.15) is 51.1 Å². The summed E-state index contributed by atoms with van der Waals surface area (Å²) in [6.45, 7) is 4.21. The van der Waals surface area contributed by atoms with E-state index >= 15 is 0 Å². The summed E-state index contributed by atoms with van der Waals surface area (Å²) in [7, 11) is 0. The average molecular weight is 331 g/mol. The first-order valence-corrected chi connectivity index (χ1v) is 8.84. The van der Waals surface area contributed by atoms with Crippen molar-refractivity contribution in [1.29, 1.82) is 0 Å². The molecule has 0 saturated heterocycles. The van der Waals surface area contributed by atoms with E-state index in [1.165, 1.54) is 12.8 Å². The first kappa shape index (κ1) is 18.5. The smallest absolute Gasteiger partial charge is 0.234 e. The van der Waals surface area contributed by atoms with Crippen LogP contribution in [-0.2, 0) is 9.59 Å². The third-order valence-corrected chi connectivity index (χ3v) is 4.78. The first-order chi connectivity index (χ1) is 11.5. The van der Waals surface area contributed by atoms with Crippen LogP contribution in [0, 0.1) is 5.92 Å². The predicted molar refractivity (Wildman–Crippen MR) is 95.2 cm³/mol. The molecule has 0 radical (unpaired) electrons. The number of carbonyl (C=O) groups excluding carboxylic acids is 2. The Kier molecular flexibility index (Phi) is 6.79. The van der Waals surface area contributed by atoms with Crippen molar-refractivity contribution in [3.05, 3.63) is 35.9 Å². The summed E-state index contributed by atoms with van der Waals surface area (Å²) in [5.74, 6) is 0.0256. The van der Waals surface area contributed by atoms with Gasteiger partial charge in [0.15, 0.2) is 0 Å². The number of hydrogen-bond donors (Lipinski definition) is 2. The van der Waals surface area contributed by atoms with Crippen LogP contribution in [0.3, 0.4) is 0 Å². The quantitative estimate of drug-likeness (QED) is 0.767. The summed E-state index contributed by atoms with van der Waals surface area (Å²) >= 11 is 0. The van der Waals surface area contributed by atoms with Crippen molar-refractivity contribution in [3.63, 3.8) is 0 Å². The zero-order valence-corrected chi connectivity index (χ0v) is 14.7. The monoisotopic (exact) mass is 331 g/mol. The third-order valence-electron chi connectivity index (χ3n) is 4.78. The summed E-state index contributed by atoms with van der Waals surface area (Å²) in [6.07, 6.45) is 4.75. The molecule has 1 aliphatic rings. The van der Waals surface area contributed by atoms with Gasteiger partial charge in [-0.3, -0.25) is 14.5 Å². The van der Waals surface area contributed by atoms with Crippen molar-refractivity contribution >= 4 is 11.8 Å². The molecule has 0 aromatic heterocycles. The summed E-state index contributed by atoms with van der Waals surface area (Å²) < 4.78 is 0. The zero-order chi connectivity index (χ0) is 17.5. The van der Waals surface area contributed by atoms with Gasteiger partial charge >= 0.3 is 0 Å². The van der Waals surface area contributed by atoms with E-state index in [4.69, 9.17) is 5.73 Å². The number of nitrogens with one attached hydrogen (secondary N) is 1. The number of nitrogens with two attached hydrogens (primary N) is 1. The van der Waals surface area contributed by atoms with Gasteiger partial charge in [0.2, 0.25) is 11.8 Å². The number of benzene rings is 1. The van der Waals surface area contributed by atoms with Gasteiger partial charge in [0.1, 0.15) is 0 Å². The minimum absolute atomic E-state index is 0.0452. The Bertz CT molecular complexity index is 539. The summed E-state index contributed by atoms with van der Waals surface area (Å²) in [5, 5.41) is 3.20. The number of amides is 2. The van der Waals surface area contributed by atoms with Gasteiger partial charge in [-0.25, -0.2) is 0 Å². The van der Waals surface area contributed by atoms with E-state index in [9.17, 15) is 9.59 Å². The van der Waals surface area contributed by atoms with Crippen molar-refractivity contribution in [2.45, 2.75) is 51.6 Å². The second-order valence-corrected chi connectivity index (χ2v) is 6.97. The molecule has 1 aliphatic carbocycles. The second-order valence-electron chi connectivity index (χ2n) is 6.97. The lowest BCUT2D eigenvalue weighted by Crippen LogP contribution is -2.46. The van der Waals surface area contributed by atoms with E-state index in [1.807, 2.05) is 32.0 Å². The largest absolute Gasteiger partial charge is 0.369 e. The molecule has 2 amide bonds. The molecule has 1 saturated carbocycles. The lowest BCUT2D eigenvalue weighted by Gasteiger charge is -2.28. The van der Waals surface area contributed by atoms with Crippen LogP contribution in [0.5, 0.6) is 0 Å². The van der Waals surface area contributed by atoms with Crippen LogP contribution in [0.25, 0.3) is 0 Å². The van der Waals surface area contributed by atoms with Crippen molar-refractivity contribution in [2.75, 3.05) is 13.1 Å². The van der Waals surface area contributed by atoms with Gasteiger partial charge in [-0.05, 0) is 38.2 Å². The van der Waals surface area contributed by atoms with Gasteiger partial charge in [-0.1, -0.05) is 43.2 Å². The van der Waals surface area contributed by atoms with Gasteiger partial charge in [-0.2, -0.15) is 0 Å². The number of carbonyl (C=O) groups is 2. The van der Waals surface area contributed by atoms with Crippen LogP contribution < -0.4 is 11.1 Å².